The molecule has 1 fully saturated rings. The normalized spacial score (nSPS) is 17.8. The first-order chi connectivity index (χ1) is 12.7. The highest BCUT2D eigenvalue weighted by Crippen LogP contribution is 2.31. The second kappa shape index (κ2) is 8.85. The number of carbonyl (C=O) groups is 1. The van der Waals surface area contributed by atoms with Crippen LogP contribution in [0.4, 0.5) is 10.5 Å². The van der Waals surface area contributed by atoms with E-state index in [4.69, 9.17) is 9.26 Å². The molecule has 26 heavy (non-hydrogen) atoms. The van der Waals surface area contributed by atoms with Gasteiger partial charge in [0.1, 0.15) is 11.4 Å². The van der Waals surface area contributed by atoms with Crippen LogP contribution in [-0.2, 0) is 4.74 Å². The van der Waals surface area contributed by atoms with E-state index in [1.54, 1.807) is 0 Å². The summed E-state index contributed by atoms with van der Waals surface area (Å²) in [4.78, 5) is 14.6. The number of anilines is 1. The Kier molecular flexibility index (Phi) is 6.28. The molecule has 1 aliphatic rings. The van der Waals surface area contributed by atoms with Crippen molar-refractivity contribution in [3.63, 3.8) is 0 Å². The van der Waals surface area contributed by atoms with Crippen molar-refractivity contribution in [3.8, 4) is 11.3 Å². The van der Waals surface area contributed by atoms with Crippen molar-refractivity contribution in [2.45, 2.75) is 45.6 Å². The van der Waals surface area contributed by atoms with Crippen LogP contribution in [-0.4, -0.2) is 41.9 Å². The van der Waals surface area contributed by atoms with E-state index in [-0.39, 0.29) is 12.1 Å². The quantitative estimate of drug-likeness (QED) is 0.858. The molecule has 2 aromatic rings. The third kappa shape index (κ3) is 4.43. The van der Waals surface area contributed by atoms with Crippen LogP contribution >= 0.6 is 0 Å². The summed E-state index contributed by atoms with van der Waals surface area (Å²) < 4.78 is 11.3. The summed E-state index contributed by atoms with van der Waals surface area (Å²) in [6.07, 6.45) is 4.11. The summed E-state index contributed by atoms with van der Waals surface area (Å²) in [6, 6.07) is 9.59. The third-order valence-electron chi connectivity index (χ3n) is 4.65. The Balaban J connectivity index is 1.66. The molecule has 0 radical (unpaired) electrons. The first-order valence-corrected chi connectivity index (χ1v) is 9.38. The lowest BCUT2D eigenvalue weighted by Gasteiger charge is -2.21. The van der Waals surface area contributed by atoms with E-state index in [1.807, 2.05) is 42.2 Å². The van der Waals surface area contributed by atoms with E-state index in [1.165, 1.54) is 0 Å². The van der Waals surface area contributed by atoms with Crippen molar-refractivity contribution < 1.29 is 14.1 Å². The van der Waals surface area contributed by atoms with Gasteiger partial charge in [0.2, 0.25) is 0 Å². The minimum Gasteiger partial charge on any atom is -0.378 e. The molecule has 1 aliphatic heterocycles. The Hall–Kier alpha value is -2.34. The zero-order chi connectivity index (χ0) is 18.4. The average Bonchev–Trinajstić information content (AvgIpc) is 2.87. The van der Waals surface area contributed by atoms with Crippen LogP contribution in [0.15, 0.2) is 34.9 Å². The van der Waals surface area contributed by atoms with Gasteiger partial charge in [0.15, 0.2) is 5.76 Å². The number of aryl methyl sites for hydroxylation is 1. The summed E-state index contributed by atoms with van der Waals surface area (Å²) in [5.74, 6) is 0.593. The molecule has 6 nitrogen and oxygen atoms in total. The minimum atomic E-state index is -0.107. The lowest BCUT2D eigenvalue weighted by Crippen LogP contribution is -2.36. The maximum absolute atomic E-state index is 12.8. The fourth-order valence-electron chi connectivity index (χ4n) is 3.21. The molecule has 0 aliphatic carbocycles. The number of nitrogens with one attached hydrogen (secondary N) is 1. The molecule has 2 amide bonds. The number of likely N-dealkylation sites (tertiary alicyclic amines) is 1. The number of rotatable bonds is 5. The van der Waals surface area contributed by atoms with E-state index in [2.05, 4.69) is 17.4 Å². The van der Waals surface area contributed by atoms with Crippen LogP contribution < -0.4 is 5.32 Å². The number of benzene rings is 1. The topological polar surface area (TPSA) is 67.6 Å². The summed E-state index contributed by atoms with van der Waals surface area (Å²) >= 11 is 0. The van der Waals surface area contributed by atoms with Crippen LogP contribution in [0.25, 0.3) is 11.3 Å². The molecule has 1 aromatic heterocycles. The summed E-state index contributed by atoms with van der Waals surface area (Å²) in [7, 11) is 0. The van der Waals surface area contributed by atoms with Gasteiger partial charge in [0.25, 0.3) is 0 Å². The van der Waals surface area contributed by atoms with Crippen molar-refractivity contribution in [1.82, 2.24) is 10.1 Å². The molecular weight excluding hydrogens is 330 g/mol. The van der Waals surface area contributed by atoms with Crippen LogP contribution in [0.1, 0.15) is 38.3 Å². The number of amides is 2. The Morgan fingerprint density at radius 3 is 2.88 bits per heavy atom. The standard InChI is InChI=1S/C20H27N3O3/c1-3-14-25-17-10-7-12-23(13-11-17)20(24)21-18-15(2)22-26-19(18)16-8-5-4-6-9-16/h4-6,8-9,17H,3,7,10-14H2,1-2H3,(H,21,24)/t17-/m0/s1. The van der Waals surface area contributed by atoms with Gasteiger partial charge in [-0.3, -0.25) is 0 Å². The van der Waals surface area contributed by atoms with Gasteiger partial charge >= 0.3 is 6.03 Å². The molecular formula is C20H27N3O3. The molecule has 140 valence electrons. The summed E-state index contributed by atoms with van der Waals surface area (Å²) in [6.45, 7) is 6.18. The Bertz CT molecular complexity index is 714. The summed E-state index contributed by atoms with van der Waals surface area (Å²) in [5.41, 5.74) is 2.22. The van der Waals surface area contributed by atoms with Crippen LogP contribution in [0.5, 0.6) is 0 Å². The molecule has 0 spiro atoms. The van der Waals surface area contributed by atoms with Crippen molar-refractivity contribution in [3.05, 3.63) is 36.0 Å². The fraction of sp³-hybridized carbons (Fsp3) is 0.500. The number of hydrogen-bond donors (Lipinski definition) is 1. The van der Waals surface area contributed by atoms with Gasteiger partial charge in [-0.05, 0) is 32.6 Å². The SMILES string of the molecule is CCCO[C@H]1CCCN(C(=O)Nc2c(C)noc2-c2ccccc2)CC1. The second-order valence-corrected chi connectivity index (χ2v) is 6.68. The van der Waals surface area contributed by atoms with E-state index in [0.29, 0.717) is 23.7 Å². The molecule has 0 unspecified atom stereocenters. The molecule has 0 saturated carbocycles. The van der Waals surface area contributed by atoms with Gasteiger partial charge in [-0.2, -0.15) is 0 Å². The van der Waals surface area contributed by atoms with Gasteiger partial charge in [-0.25, -0.2) is 4.79 Å². The third-order valence-corrected chi connectivity index (χ3v) is 4.65. The highest BCUT2D eigenvalue weighted by atomic mass is 16.5. The molecule has 1 atom stereocenters. The zero-order valence-corrected chi connectivity index (χ0v) is 15.5. The Morgan fingerprint density at radius 1 is 1.31 bits per heavy atom. The van der Waals surface area contributed by atoms with Gasteiger partial charge in [0, 0.05) is 25.3 Å². The number of ether oxygens (including phenoxy) is 1. The summed E-state index contributed by atoms with van der Waals surface area (Å²) in [5, 5.41) is 7.03. The Labute approximate surface area is 154 Å². The first kappa shape index (κ1) is 18.5. The van der Waals surface area contributed by atoms with E-state index < -0.39 is 0 Å². The molecule has 0 bridgehead atoms. The lowest BCUT2D eigenvalue weighted by molar-refractivity contribution is 0.0446. The molecule has 6 heteroatoms. The van der Waals surface area contributed by atoms with E-state index in [0.717, 1.165) is 44.4 Å². The van der Waals surface area contributed by atoms with Crippen LogP contribution in [0, 0.1) is 6.92 Å². The number of nitrogens with zero attached hydrogens (tertiary/aromatic N) is 2. The largest absolute Gasteiger partial charge is 0.378 e. The highest BCUT2D eigenvalue weighted by molar-refractivity contribution is 5.94. The number of carbonyl (C=O) groups excluding carboxylic acids is 1. The fourth-order valence-corrected chi connectivity index (χ4v) is 3.21. The average molecular weight is 357 g/mol. The minimum absolute atomic E-state index is 0.107. The lowest BCUT2D eigenvalue weighted by atomic mass is 10.1. The van der Waals surface area contributed by atoms with E-state index >= 15 is 0 Å². The van der Waals surface area contributed by atoms with E-state index in [9.17, 15) is 4.79 Å². The smallest absolute Gasteiger partial charge is 0.322 e. The van der Waals surface area contributed by atoms with Gasteiger partial charge in [-0.15, -0.1) is 0 Å². The van der Waals surface area contributed by atoms with Gasteiger partial charge in [0.05, 0.1) is 6.10 Å². The predicted molar refractivity (Wildman–Crippen MR) is 101 cm³/mol. The van der Waals surface area contributed by atoms with Crippen LogP contribution in [0.2, 0.25) is 0 Å². The van der Waals surface area contributed by atoms with Crippen molar-refractivity contribution in [2.24, 2.45) is 0 Å². The molecule has 1 aromatic carbocycles. The number of aromatic nitrogens is 1. The molecule has 3 rings (SSSR count). The molecule has 1 saturated heterocycles. The highest BCUT2D eigenvalue weighted by Gasteiger charge is 2.23. The molecule has 2 heterocycles. The maximum Gasteiger partial charge on any atom is 0.322 e. The maximum atomic E-state index is 12.8. The van der Waals surface area contributed by atoms with Crippen molar-refractivity contribution in [1.29, 1.82) is 0 Å². The van der Waals surface area contributed by atoms with Crippen molar-refractivity contribution in [2.75, 3.05) is 25.0 Å². The first-order valence-electron chi connectivity index (χ1n) is 9.38. The molecule has 1 N–H and O–H groups in total. The van der Waals surface area contributed by atoms with Gasteiger partial charge in [-0.1, -0.05) is 42.4 Å². The second-order valence-electron chi connectivity index (χ2n) is 6.68. The number of hydrogen-bond acceptors (Lipinski definition) is 4. The Morgan fingerprint density at radius 2 is 2.12 bits per heavy atom. The van der Waals surface area contributed by atoms with Crippen LogP contribution in [0.3, 0.4) is 0 Å². The predicted octanol–water partition coefficient (Wildman–Crippen LogP) is 4.46. The van der Waals surface area contributed by atoms with Crippen molar-refractivity contribution >= 4 is 11.7 Å². The van der Waals surface area contributed by atoms with Gasteiger partial charge < -0.3 is 19.5 Å². The number of urea groups is 1. The zero-order valence-electron chi connectivity index (χ0n) is 15.5. The monoisotopic (exact) mass is 357 g/mol.